The lowest BCUT2D eigenvalue weighted by atomic mass is 10.1. The van der Waals surface area contributed by atoms with Gasteiger partial charge < -0.3 is 16.0 Å². The molecule has 2 rings (SSSR count). The van der Waals surface area contributed by atoms with E-state index in [4.69, 9.17) is 28.9 Å². The third-order valence-corrected chi connectivity index (χ3v) is 3.22. The first kappa shape index (κ1) is 15.4. The Labute approximate surface area is 130 Å². The second-order valence-corrected chi connectivity index (χ2v) is 4.78. The molecule has 21 heavy (non-hydrogen) atoms. The Morgan fingerprint density at radius 3 is 2.76 bits per heavy atom. The van der Waals surface area contributed by atoms with Crippen molar-refractivity contribution in [3.63, 3.8) is 0 Å². The first-order valence-electron chi connectivity index (χ1n) is 5.85. The number of halogens is 3. The molecule has 108 valence electrons. The van der Waals surface area contributed by atoms with Gasteiger partial charge in [0.1, 0.15) is 16.7 Å². The first-order chi connectivity index (χ1) is 10.0. The quantitative estimate of drug-likeness (QED) is 0.743. The van der Waals surface area contributed by atoms with E-state index >= 15 is 0 Å². The Bertz CT molecular complexity index is 727. The van der Waals surface area contributed by atoms with Crippen LogP contribution in [0.4, 0.5) is 10.1 Å². The van der Waals surface area contributed by atoms with Gasteiger partial charge in [0.05, 0.1) is 22.8 Å². The van der Waals surface area contributed by atoms with E-state index in [9.17, 15) is 9.18 Å². The molecule has 0 fully saturated rings. The van der Waals surface area contributed by atoms with Crippen LogP contribution in [0.5, 0.6) is 0 Å². The van der Waals surface area contributed by atoms with Crippen molar-refractivity contribution < 1.29 is 9.18 Å². The van der Waals surface area contributed by atoms with Crippen molar-refractivity contribution in [3.8, 4) is 11.8 Å². The van der Waals surface area contributed by atoms with Crippen LogP contribution < -0.4 is 11.1 Å². The van der Waals surface area contributed by atoms with Crippen molar-refractivity contribution in [1.82, 2.24) is 4.98 Å². The number of benzene rings is 1. The Morgan fingerprint density at radius 2 is 2.14 bits per heavy atom. The molecular formula is C14H10Cl2FN3O. The highest BCUT2D eigenvalue weighted by atomic mass is 35.5. The largest absolute Gasteiger partial charge is 0.340 e. The number of hydrogen-bond acceptors (Lipinski definition) is 2. The summed E-state index contributed by atoms with van der Waals surface area (Å²) in [5.74, 6) is 4.38. The van der Waals surface area contributed by atoms with Crippen LogP contribution in [0, 0.1) is 17.7 Å². The molecule has 1 aromatic heterocycles. The molecule has 1 heterocycles. The minimum Gasteiger partial charge on any atom is -0.340 e. The maximum Gasteiger partial charge on any atom is 0.272 e. The average Bonchev–Trinajstić information content (AvgIpc) is 2.79. The van der Waals surface area contributed by atoms with Crippen LogP contribution in [-0.2, 0) is 0 Å². The molecule has 7 heteroatoms. The Balaban J connectivity index is 2.28. The molecule has 0 unspecified atom stereocenters. The minimum atomic E-state index is -0.466. The predicted octanol–water partition coefficient (Wildman–Crippen LogP) is 3.02. The lowest BCUT2D eigenvalue weighted by Crippen LogP contribution is -2.13. The van der Waals surface area contributed by atoms with E-state index in [-0.39, 0.29) is 22.4 Å². The van der Waals surface area contributed by atoms with Gasteiger partial charge in [0.15, 0.2) is 0 Å². The molecule has 0 saturated carbocycles. The van der Waals surface area contributed by atoms with E-state index in [1.54, 1.807) is 0 Å². The van der Waals surface area contributed by atoms with E-state index in [1.165, 1.54) is 24.3 Å². The van der Waals surface area contributed by atoms with E-state index < -0.39 is 11.7 Å². The van der Waals surface area contributed by atoms with E-state index in [0.717, 1.165) is 0 Å². The number of aromatic amines is 1. The maximum atomic E-state index is 13.2. The maximum absolute atomic E-state index is 13.2. The second kappa shape index (κ2) is 6.64. The molecule has 0 radical (unpaired) electrons. The van der Waals surface area contributed by atoms with Gasteiger partial charge in [-0.25, -0.2) is 4.39 Å². The standard InChI is InChI=1S/C14H10Cl2FN3O/c15-10-7-12(19-13(10)16)14(21)20-11-4-3-9(17)6-8(11)2-1-5-18/h3-4,6-7,19H,5,18H2,(H,20,21). The summed E-state index contributed by atoms with van der Waals surface area (Å²) < 4.78 is 13.2. The van der Waals surface area contributed by atoms with Gasteiger partial charge in [-0.2, -0.15) is 0 Å². The van der Waals surface area contributed by atoms with Gasteiger partial charge in [-0.1, -0.05) is 35.0 Å². The summed E-state index contributed by atoms with van der Waals surface area (Å²) in [4.78, 5) is 14.7. The number of nitrogens with one attached hydrogen (secondary N) is 2. The zero-order chi connectivity index (χ0) is 15.4. The highest BCUT2D eigenvalue weighted by Crippen LogP contribution is 2.23. The number of amides is 1. The van der Waals surface area contributed by atoms with Crippen LogP contribution >= 0.6 is 23.2 Å². The summed E-state index contributed by atoms with van der Waals surface area (Å²) in [6.07, 6.45) is 0. The summed E-state index contributed by atoms with van der Waals surface area (Å²) in [5, 5.41) is 3.02. The molecule has 0 aliphatic carbocycles. The monoisotopic (exact) mass is 325 g/mol. The van der Waals surface area contributed by atoms with Gasteiger partial charge >= 0.3 is 0 Å². The zero-order valence-corrected chi connectivity index (χ0v) is 12.1. The Hall–Kier alpha value is -2.00. The molecule has 4 N–H and O–H groups in total. The molecule has 0 aliphatic rings. The van der Waals surface area contributed by atoms with E-state index in [2.05, 4.69) is 22.1 Å². The second-order valence-electron chi connectivity index (χ2n) is 3.99. The van der Waals surface area contributed by atoms with Gasteiger partial charge in [-0.05, 0) is 24.3 Å². The third kappa shape index (κ3) is 3.76. The highest BCUT2D eigenvalue weighted by molar-refractivity contribution is 6.41. The normalized spacial score (nSPS) is 9.90. The number of carbonyl (C=O) groups excluding carboxylic acids is 1. The number of H-pyrrole nitrogens is 1. The predicted molar refractivity (Wildman–Crippen MR) is 81.1 cm³/mol. The number of carbonyl (C=O) groups is 1. The van der Waals surface area contributed by atoms with Gasteiger partial charge in [-0.15, -0.1) is 0 Å². The molecule has 0 saturated heterocycles. The summed E-state index contributed by atoms with van der Waals surface area (Å²) in [6.45, 7) is 0.131. The highest BCUT2D eigenvalue weighted by Gasteiger charge is 2.13. The minimum absolute atomic E-state index is 0.131. The number of hydrogen-bond donors (Lipinski definition) is 3. The van der Waals surface area contributed by atoms with Crippen molar-refractivity contribution in [2.45, 2.75) is 0 Å². The average molecular weight is 326 g/mol. The molecular weight excluding hydrogens is 316 g/mol. The molecule has 2 aromatic rings. The fourth-order valence-electron chi connectivity index (χ4n) is 1.59. The third-order valence-electron chi connectivity index (χ3n) is 2.52. The van der Waals surface area contributed by atoms with Crippen molar-refractivity contribution in [2.24, 2.45) is 5.73 Å². The molecule has 4 nitrogen and oxygen atoms in total. The lowest BCUT2D eigenvalue weighted by molar-refractivity contribution is 0.102. The van der Waals surface area contributed by atoms with Crippen LogP contribution in [0.25, 0.3) is 0 Å². The molecule has 0 bridgehead atoms. The van der Waals surface area contributed by atoms with Crippen LogP contribution in [-0.4, -0.2) is 17.4 Å². The fraction of sp³-hybridized carbons (Fsp3) is 0.0714. The van der Waals surface area contributed by atoms with Crippen LogP contribution in [0.2, 0.25) is 10.2 Å². The zero-order valence-electron chi connectivity index (χ0n) is 10.6. The van der Waals surface area contributed by atoms with Gasteiger partial charge in [0.2, 0.25) is 0 Å². The molecule has 1 aromatic carbocycles. The number of anilines is 1. The van der Waals surface area contributed by atoms with Crippen LogP contribution in [0.3, 0.4) is 0 Å². The molecule has 0 atom stereocenters. The summed E-state index contributed by atoms with van der Waals surface area (Å²) in [6, 6.07) is 5.25. The summed E-state index contributed by atoms with van der Waals surface area (Å²) in [7, 11) is 0. The van der Waals surface area contributed by atoms with Gasteiger partial charge in [-0.3, -0.25) is 4.79 Å². The summed E-state index contributed by atoms with van der Waals surface area (Å²) >= 11 is 11.5. The van der Waals surface area contributed by atoms with Crippen molar-refractivity contribution in [3.05, 3.63) is 51.5 Å². The topological polar surface area (TPSA) is 70.9 Å². The van der Waals surface area contributed by atoms with E-state index in [0.29, 0.717) is 11.3 Å². The molecule has 0 aliphatic heterocycles. The lowest BCUT2D eigenvalue weighted by Gasteiger charge is -2.06. The first-order valence-corrected chi connectivity index (χ1v) is 6.60. The number of rotatable bonds is 2. The number of nitrogens with two attached hydrogens (primary N) is 1. The Kier molecular flexibility index (Phi) is 4.86. The van der Waals surface area contributed by atoms with Crippen LogP contribution in [0.15, 0.2) is 24.3 Å². The molecule has 1 amide bonds. The smallest absolute Gasteiger partial charge is 0.272 e. The van der Waals surface area contributed by atoms with Crippen molar-refractivity contribution in [2.75, 3.05) is 11.9 Å². The van der Waals surface area contributed by atoms with Gasteiger partial charge in [0, 0.05) is 0 Å². The Morgan fingerprint density at radius 1 is 1.38 bits per heavy atom. The molecule has 0 spiro atoms. The van der Waals surface area contributed by atoms with Crippen molar-refractivity contribution >= 4 is 34.8 Å². The summed E-state index contributed by atoms with van der Waals surface area (Å²) in [5.41, 5.74) is 6.17. The van der Waals surface area contributed by atoms with Gasteiger partial charge in [0.25, 0.3) is 5.91 Å². The fourth-order valence-corrected chi connectivity index (χ4v) is 1.90. The van der Waals surface area contributed by atoms with Crippen molar-refractivity contribution in [1.29, 1.82) is 0 Å². The van der Waals surface area contributed by atoms with E-state index in [1.807, 2.05) is 0 Å². The SMILES string of the molecule is NCC#Cc1cc(F)ccc1NC(=O)c1cc(Cl)c(Cl)[nH]1. The number of aromatic nitrogens is 1. The van der Waals surface area contributed by atoms with Crippen LogP contribution in [0.1, 0.15) is 16.1 Å².